The zero-order chi connectivity index (χ0) is 13.7. The predicted octanol–water partition coefficient (Wildman–Crippen LogP) is 2.60. The normalized spacial score (nSPS) is 18.4. The van der Waals surface area contributed by atoms with Crippen molar-refractivity contribution in [1.82, 2.24) is 4.90 Å². The van der Waals surface area contributed by atoms with E-state index in [4.69, 9.17) is 16.3 Å². The second-order valence-electron chi connectivity index (χ2n) is 4.49. The minimum absolute atomic E-state index is 0.0624. The minimum Gasteiger partial charge on any atom is -0.445 e. The molecular formula is C14H16ClNO3. The van der Waals surface area contributed by atoms with Gasteiger partial charge < -0.3 is 4.74 Å². The van der Waals surface area contributed by atoms with Gasteiger partial charge in [0.1, 0.15) is 6.61 Å². The van der Waals surface area contributed by atoms with E-state index in [1.807, 2.05) is 30.3 Å². The summed E-state index contributed by atoms with van der Waals surface area (Å²) < 4.78 is 5.23. The molecule has 1 saturated heterocycles. The summed E-state index contributed by atoms with van der Waals surface area (Å²) >= 11 is 5.55. The Hall–Kier alpha value is -1.55. The molecule has 2 rings (SSSR count). The maximum absolute atomic E-state index is 12.0. The molecule has 1 aliphatic heterocycles. The molecule has 1 aliphatic rings. The molecule has 0 spiro atoms. The number of amides is 1. The molecule has 102 valence electrons. The van der Waals surface area contributed by atoms with Gasteiger partial charge in [-0.1, -0.05) is 30.3 Å². The second kappa shape index (κ2) is 6.57. The molecule has 5 heteroatoms. The van der Waals surface area contributed by atoms with Crippen molar-refractivity contribution >= 4 is 23.5 Å². The molecule has 1 heterocycles. The third kappa shape index (κ3) is 3.47. The fraction of sp³-hybridized carbons (Fsp3) is 0.429. The zero-order valence-corrected chi connectivity index (χ0v) is 11.3. The third-order valence-electron chi connectivity index (χ3n) is 3.20. The summed E-state index contributed by atoms with van der Waals surface area (Å²) in [6, 6.07) is 9.04. The number of hydrogen-bond acceptors (Lipinski definition) is 3. The van der Waals surface area contributed by atoms with Crippen LogP contribution in [0.2, 0.25) is 0 Å². The van der Waals surface area contributed by atoms with Crippen LogP contribution in [0.1, 0.15) is 18.4 Å². The zero-order valence-electron chi connectivity index (χ0n) is 10.5. The van der Waals surface area contributed by atoms with Crippen LogP contribution in [0.15, 0.2) is 30.3 Å². The van der Waals surface area contributed by atoms with Crippen molar-refractivity contribution in [3.05, 3.63) is 35.9 Å². The average Bonchev–Trinajstić information content (AvgIpc) is 2.94. The van der Waals surface area contributed by atoms with Crippen LogP contribution >= 0.6 is 11.6 Å². The van der Waals surface area contributed by atoms with E-state index in [9.17, 15) is 9.59 Å². The summed E-state index contributed by atoms with van der Waals surface area (Å²) in [5, 5.41) is 0. The Morgan fingerprint density at radius 1 is 1.32 bits per heavy atom. The van der Waals surface area contributed by atoms with Gasteiger partial charge in [-0.25, -0.2) is 4.79 Å². The maximum Gasteiger partial charge on any atom is 0.410 e. The number of carbonyl (C=O) groups is 2. The van der Waals surface area contributed by atoms with Crippen LogP contribution in [0.5, 0.6) is 0 Å². The van der Waals surface area contributed by atoms with E-state index in [-0.39, 0.29) is 18.3 Å². The van der Waals surface area contributed by atoms with Gasteiger partial charge in [0, 0.05) is 6.54 Å². The summed E-state index contributed by atoms with van der Waals surface area (Å²) in [7, 11) is 0. The van der Waals surface area contributed by atoms with Gasteiger partial charge in [-0.15, -0.1) is 11.6 Å². The Labute approximate surface area is 117 Å². The maximum atomic E-state index is 12.0. The molecule has 0 saturated carbocycles. The van der Waals surface area contributed by atoms with E-state index in [0.717, 1.165) is 12.0 Å². The van der Waals surface area contributed by atoms with E-state index in [1.54, 1.807) is 0 Å². The molecule has 0 aromatic heterocycles. The van der Waals surface area contributed by atoms with Crippen molar-refractivity contribution in [3.8, 4) is 0 Å². The molecule has 0 unspecified atom stereocenters. The number of hydrogen-bond donors (Lipinski definition) is 0. The number of nitrogens with zero attached hydrogens (tertiary/aromatic N) is 1. The van der Waals surface area contributed by atoms with Crippen molar-refractivity contribution in [3.63, 3.8) is 0 Å². The molecule has 0 bridgehead atoms. The third-order valence-corrected chi connectivity index (χ3v) is 3.46. The number of alkyl halides is 1. The van der Waals surface area contributed by atoms with Crippen molar-refractivity contribution in [2.24, 2.45) is 0 Å². The first kappa shape index (κ1) is 13.9. The van der Waals surface area contributed by atoms with Gasteiger partial charge in [0.25, 0.3) is 0 Å². The predicted molar refractivity (Wildman–Crippen MR) is 72.1 cm³/mol. The van der Waals surface area contributed by atoms with Crippen LogP contribution in [0, 0.1) is 0 Å². The van der Waals surface area contributed by atoms with Gasteiger partial charge in [-0.05, 0) is 18.4 Å². The molecule has 1 aromatic carbocycles. The van der Waals surface area contributed by atoms with Gasteiger partial charge in [-0.2, -0.15) is 0 Å². The van der Waals surface area contributed by atoms with Gasteiger partial charge in [0.2, 0.25) is 0 Å². The van der Waals surface area contributed by atoms with Crippen molar-refractivity contribution in [2.75, 3.05) is 12.4 Å². The molecular weight excluding hydrogens is 266 g/mol. The Balaban J connectivity index is 1.90. The number of rotatable bonds is 4. The molecule has 1 atom stereocenters. The monoisotopic (exact) mass is 281 g/mol. The average molecular weight is 282 g/mol. The van der Waals surface area contributed by atoms with Gasteiger partial charge in [-0.3, -0.25) is 9.69 Å². The van der Waals surface area contributed by atoms with Gasteiger partial charge in [0.05, 0.1) is 11.9 Å². The summed E-state index contributed by atoms with van der Waals surface area (Å²) in [4.78, 5) is 25.1. The molecule has 1 aromatic rings. The minimum atomic E-state index is -0.440. The highest BCUT2D eigenvalue weighted by molar-refractivity contribution is 6.28. The van der Waals surface area contributed by atoms with Crippen LogP contribution < -0.4 is 0 Å². The number of ether oxygens (including phenoxy) is 1. The van der Waals surface area contributed by atoms with Crippen molar-refractivity contribution in [1.29, 1.82) is 0 Å². The lowest BCUT2D eigenvalue weighted by Gasteiger charge is -2.22. The summed E-state index contributed by atoms with van der Waals surface area (Å²) in [5.41, 5.74) is 0.926. The van der Waals surface area contributed by atoms with Crippen molar-refractivity contribution < 1.29 is 14.3 Å². The largest absolute Gasteiger partial charge is 0.445 e. The lowest BCUT2D eigenvalue weighted by molar-refractivity contribution is -0.120. The fourth-order valence-corrected chi connectivity index (χ4v) is 2.39. The number of halogens is 1. The number of ketones is 1. The van der Waals surface area contributed by atoms with E-state index >= 15 is 0 Å². The van der Waals surface area contributed by atoms with Crippen LogP contribution in [-0.4, -0.2) is 35.2 Å². The van der Waals surface area contributed by atoms with E-state index in [1.165, 1.54) is 4.90 Å². The van der Waals surface area contributed by atoms with Crippen LogP contribution in [0.3, 0.4) is 0 Å². The Bertz CT molecular complexity index is 449. The molecule has 0 aliphatic carbocycles. The number of Topliss-reactive ketones (excluding diaryl/α,β-unsaturated/α-hetero) is 1. The Kier molecular flexibility index (Phi) is 4.80. The Morgan fingerprint density at radius 2 is 2.05 bits per heavy atom. The highest BCUT2D eigenvalue weighted by Gasteiger charge is 2.34. The van der Waals surface area contributed by atoms with Crippen molar-refractivity contribution in [2.45, 2.75) is 25.5 Å². The van der Waals surface area contributed by atoms with Gasteiger partial charge >= 0.3 is 6.09 Å². The smallest absolute Gasteiger partial charge is 0.410 e. The van der Waals surface area contributed by atoms with E-state index in [0.29, 0.717) is 13.0 Å². The number of carbonyl (C=O) groups excluding carboxylic acids is 2. The SMILES string of the molecule is O=C(CCl)[C@@H]1CCCN1C(=O)OCc1ccccc1. The van der Waals surface area contributed by atoms with E-state index in [2.05, 4.69) is 0 Å². The quantitative estimate of drug-likeness (QED) is 0.797. The molecule has 0 radical (unpaired) electrons. The van der Waals surface area contributed by atoms with E-state index < -0.39 is 12.1 Å². The molecule has 0 N–H and O–H groups in total. The molecule has 4 nitrogen and oxygen atoms in total. The standard InChI is InChI=1S/C14H16ClNO3/c15-9-13(17)12-7-4-8-16(12)14(18)19-10-11-5-2-1-3-6-11/h1-3,5-6,12H,4,7-10H2/t12-/m0/s1. The van der Waals surface area contributed by atoms with Crippen LogP contribution in [-0.2, 0) is 16.1 Å². The first-order valence-electron chi connectivity index (χ1n) is 6.28. The number of likely N-dealkylation sites (tertiary alicyclic amines) is 1. The number of benzene rings is 1. The summed E-state index contributed by atoms with van der Waals surface area (Å²) in [5.74, 6) is -0.177. The first-order valence-corrected chi connectivity index (χ1v) is 6.82. The fourth-order valence-electron chi connectivity index (χ4n) is 2.21. The van der Waals surface area contributed by atoms with Gasteiger partial charge in [0.15, 0.2) is 5.78 Å². The lowest BCUT2D eigenvalue weighted by Crippen LogP contribution is -2.41. The summed E-state index contributed by atoms with van der Waals surface area (Å²) in [6.07, 6.45) is 1.05. The molecule has 1 amide bonds. The second-order valence-corrected chi connectivity index (χ2v) is 4.76. The summed E-state index contributed by atoms with van der Waals surface area (Å²) in [6.45, 7) is 0.777. The highest BCUT2D eigenvalue weighted by atomic mass is 35.5. The van der Waals surface area contributed by atoms with Crippen LogP contribution in [0.4, 0.5) is 4.79 Å². The lowest BCUT2D eigenvalue weighted by atomic mass is 10.1. The van der Waals surface area contributed by atoms with Crippen LogP contribution in [0.25, 0.3) is 0 Å². The first-order chi connectivity index (χ1) is 9.22. The molecule has 19 heavy (non-hydrogen) atoms. The Morgan fingerprint density at radius 3 is 2.74 bits per heavy atom. The molecule has 1 fully saturated rings. The highest BCUT2D eigenvalue weighted by Crippen LogP contribution is 2.20. The topological polar surface area (TPSA) is 46.6 Å².